The molecule has 33 heavy (non-hydrogen) atoms. The van der Waals surface area contributed by atoms with Crippen LogP contribution >= 0.6 is 0 Å². The molecule has 178 valence electrons. The molecule has 0 spiro atoms. The minimum absolute atomic E-state index is 0.0666. The first kappa shape index (κ1) is 24.7. The zero-order chi connectivity index (χ0) is 24.2. The molecule has 0 aromatic heterocycles. The molecular formula is C26H34FN3O3. The molecule has 2 N–H and O–H groups in total. The molecule has 0 aliphatic carbocycles. The van der Waals surface area contributed by atoms with Crippen molar-refractivity contribution in [3.63, 3.8) is 0 Å². The summed E-state index contributed by atoms with van der Waals surface area (Å²) in [6, 6.07) is 12.5. The van der Waals surface area contributed by atoms with Crippen molar-refractivity contribution in [1.29, 1.82) is 0 Å². The number of hydroxylamine groups is 1. The third-order valence-electron chi connectivity index (χ3n) is 5.76. The Balaban J connectivity index is 1.63. The number of hydrogen-bond acceptors (Lipinski definition) is 4. The summed E-state index contributed by atoms with van der Waals surface area (Å²) in [5.74, 6) is -0.293. The minimum Gasteiger partial charge on any atom is -0.379 e. The van der Waals surface area contributed by atoms with Crippen molar-refractivity contribution in [2.45, 2.75) is 65.6 Å². The first-order valence-electron chi connectivity index (χ1n) is 11.5. The van der Waals surface area contributed by atoms with E-state index >= 15 is 0 Å². The Bertz CT molecular complexity index is 969. The monoisotopic (exact) mass is 455 g/mol. The number of halogens is 1. The second-order valence-electron chi connectivity index (χ2n) is 9.88. The average molecular weight is 456 g/mol. The lowest BCUT2D eigenvalue weighted by Gasteiger charge is -2.36. The molecule has 2 aromatic carbocycles. The summed E-state index contributed by atoms with van der Waals surface area (Å²) >= 11 is 0. The van der Waals surface area contributed by atoms with Crippen molar-refractivity contribution in [2.24, 2.45) is 5.41 Å². The van der Waals surface area contributed by atoms with Crippen LogP contribution in [0.25, 0.3) is 11.1 Å². The van der Waals surface area contributed by atoms with Crippen LogP contribution in [0.4, 0.5) is 4.39 Å². The highest BCUT2D eigenvalue weighted by atomic mass is 19.1. The second kappa shape index (κ2) is 10.3. The van der Waals surface area contributed by atoms with Gasteiger partial charge in [0.1, 0.15) is 11.9 Å². The van der Waals surface area contributed by atoms with Gasteiger partial charge in [0, 0.05) is 18.2 Å². The van der Waals surface area contributed by atoms with E-state index < -0.39 is 12.1 Å². The fraction of sp³-hybridized carbons (Fsp3) is 0.462. The average Bonchev–Trinajstić information content (AvgIpc) is 3.25. The molecule has 3 rings (SSSR count). The molecule has 0 radical (unpaired) electrons. The van der Waals surface area contributed by atoms with Crippen LogP contribution in [0, 0.1) is 11.2 Å². The van der Waals surface area contributed by atoms with Crippen LogP contribution in [0.2, 0.25) is 0 Å². The van der Waals surface area contributed by atoms with Crippen LogP contribution < -0.4 is 15.6 Å². The number of likely N-dealkylation sites (tertiary alicyclic amines) is 1. The predicted molar refractivity (Wildman–Crippen MR) is 127 cm³/mol. The summed E-state index contributed by atoms with van der Waals surface area (Å²) in [6.07, 6.45) is 1.35. The van der Waals surface area contributed by atoms with E-state index in [0.717, 1.165) is 6.42 Å². The van der Waals surface area contributed by atoms with Gasteiger partial charge in [-0.25, -0.2) is 4.39 Å². The van der Waals surface area contributed by atoms with Crippen molar-refractivity contribution in [1.82, 2.24) is 15.7 Å². The van der Waals surface area contributed by atoms with E-state index in [1.165, 1.54) is 6.07 Å². The number of hydrogen-bond donors (Lipinski definition) is 2. The Kier molecular flexibility index (Phi) is 7.74. The summed E-state index contributed by atoms with van der Waals surface area (Å²) < 4.78 is 14.0. The molecule has 2 unspecified atom stereocenters. The molecule has 2 amide bonds. The van der Waals surface area contributed by atoms with E-state index in [-0.39, 0.29) is 29.1 Å². The van der Waals surface area contributed by atoms with E-state index in [4.69, 9.17) is 4.84 Å². The number of amides is 2. The maximum absolute atomic E-state index is 14.0. The molecule has 6 nitrogen and oxygen atoms in total. The van der Waals surface area contributed by atoms with Gasteiger partial charge in [0.2, 0.25) is 5.91 Å². The summed E-state index contributed by atoms with van der Waals surface area (Å²) in [5.41, 5.74) is 3.41. The van der Waals surface area contributed by atoms with Crippen LogP contribution in [0.15, 0.2) is 48.5 Å². The number of carbonyl (C=O) groups excluding carboxylic acids is 2. The standard InChI is InChI=1S/C26H34FN3O3/c1-17(2)28-23(26(3,4)5)25(32)30-16-8-11-22(30)24(31)29-33-19-14-12-18(13-15-19)20-9-6-7-10-21(20)27/h6-7,9-10,12-15,17,22-23,28H,8,11,16H2,1-5H3,(H,29,31). The van der Waals surface area contributed by atoms with Gasteiger partial charge >= 0.3 is 0 Å². The van der Waals surface area contributed by atoms with Gasteiger partial charge in [-0.2, -0.15) is 5.48 Å². The molecule has 0 bridgehead atoms. The second-order valence-corrected chi connectivity index (χ2v) is 9.88. The van der Waals surface area contributed by atoms with Crippen molar-refractivity contribution in [3.05, 3.63) is 54.3 Å². The Hall–Kier alpha value is -2.93. The lowest BCUT2D eigenvalue weighted by Crippen LogP contribution is -2.57. The highest BCUT2D eigenvalue weighted by Crippen LogP contribution is 2.27. The van der Waals surface area contributed by atoms with E-state index in [2.05, 4.69) is 10.8 Å². The van der Waals surface area contributed by atoms with Crippen LogP contribution in [0.5, 0.6) is 5.75 Å². The van der Waals surface area contributed by atoms with Crippen LogP contribution in [-0.2, 0) is 9.59 Å². The molecule has 2 aromatic rings. The van der Waals surface area contributed by atoms with Gasteiger partial charge in [0.15, 0.2) is 5.75 Å². The number of nitrogens with one attached hydrogen (secondary N) is 2. The molecular weight excluding hydrogens is 421 g/mol. The smallest absolute Gasteiger partial charge is 0.275 e. The van der Waals surface area contributed by atoms with Gasteiger partial charge < -0.3 is 15.1 Å². The van der Waals surface area contributed by atoms with E-state index in [1.54, 1.807) is 47.4 Å². The number of benzene rings is 2. The SMILES string of the molecule is CC(C)NC(C(=O)N1CCCC1C(=O)NOc1ccc(-c2ccccc2F)cc1)C(C)(C)C. The molecule has 1 aliphatic rings. The van der Waals surface area contributed by atoms with Crippen LogP contribution in [0.1, 0.15) is 47.5 Å². The highest BCUT2D eigenvalue weighted by molar-refractivity contribution is 5.90. The number of rotatable bonds is 7. The summed E-state index contributed by atoms with van der Waals surface area (Å²) in [6.45, 7) is 10.6. The maximum Gasteiger partial charge on any atom is 0.275 e. The summed E-state index contributed by atoms with van der Waals surface area (Å²) in [5, 5.41) is 3.36. The molecule has 1 heterocycles. The minimum atomic E-state index is -0.575. The molecule has 2 atom stereocenters. The van der Waals surface area contributed by atoms with Crippen molar-refractivity contribution < 1.29 is 18.8 Å². The normalized spacial score (nSPS) is 17.2. The lowest BCUT2D eigenvalue weighted by atomic mass is 9.85. The Morgan fingerprint density at radius 3 is 2.36 bits per heavy atom. The molecule has 0 saturated carbocycles. The van der Waals surface area contributed by atoms with Crippen molar-refractivity contribution in [3.8, 4) is 16.9 Å². The van der Waals surface area contributed by atoms with Gasteiger partial charge in [-0.15, -0.1) is 0 Å². The van der Waals surface area contributed by atoms with Gasteiger partial charge in [-0.1, -0.05) is 65.0 Å². The first-order valence-corrected chi connectivity index (χ1v) is 11.5. The van der Waals surface area contributed by atoms with E-state index in [9.17, 15) is 14.0 Å². The first-order chi connectivity index (χ1) is 15.6. The maximum atomic E-state index is 14.0. The number of nitrogens with zero attached hydrogens (tertiary/aromatic N) is 1. The van der Waals surface area contributed by atoms with E-state index in [1.807, 2.05) is 34.6 Å². The largest absolute Gasteiger partial charge is 0.379 e. The lowest BCUT2D eigenvalue weighted by molar-refractivity contribution is -0.144. The summed E-state index contributed by atoms with van der Waals surface area (Å²) in [4.78, 5) is 33.3. The summed E-state index contributed by atoms with van der Waals surface area (Å²) in [7, 11) is 0. The third-order valence-corrected chi connectivity index (χ3v) is 5.76. The van der Waals surface area contributed by atoms with Gasteiger partial charge in [-0.05, 0) is 42.0 Å². The molecule has 1 aliphatic heterocycles. The van der Waals surface area contributed by atoms with Gasteiger partial charge in [-0.3, -0.25) is 9.59 Å². The van der Waals surface area contributed by atoms with Crippen molar-refractivity contribution in [2.75, 3.05) is 6.54 Å². The zero-order valence-electron chi connectivity index (χ0n) is 20.0. The Morgan fingerprint density at radius 2 is 1.76 bits per heavy atom. The topological polar surface area (TPSA) is 70.7 Å². The van der Waals surface area contributed by atoms with Crippen LogP contribution in [-0.4, -0.2) is 41.4 Å². The predicted octanol–water partition coefficient (Wildman–Crippen LogP) is 4.31. The number of carbonyl (C=O) groups is 2. The Morgan fingerprint density at radius 1 is 1.09 bits per heavy atom. The fourth-order valence-corrected chi connectivity index (χ4v) is 4.07. The Labute approximate surface area is 195 Å². The zero-order valence-corrected chi connectivity index (χ0v) is 20.0. The fourth-order valence-electron chi connectivity index (χ4n) is 4.07. The van der Waals surface area contributed by atoms with Gasteiger partial charge in [0.25, 0.3) is 5.91 Å². The molecule has 1 fully saturated rings. The quantitative estimate of drug-likeness (QED) is 0.611. The highest BCUT2D eigenvalue weighted by Gasteiger charge is 2.41. The van der Waals surface area contributed by atoms with Crippen LogP contribution in [0.3, 0.4) is 0 Å². The molecule has 7 heteroatoms. The third kappa shape index (κ3) is 6.11. The molecule has 1 saturated heterocycles. The van der Waals surface area contributed by atoms with Crippen molar-refractivity contribution >= 4 is 11.8 Å². The van der Waals surface area contributed by atoms with E-state index in [0.29, 0.717) is 29.8 Å². The van der Waals surface area contributed by atoms with Gasteiger partial charge in [0.05, 0.1) is 6.04 Å².